The number of hydrogen-bond donors (Lipinski definition) is 5. The third kappa shape index (κ3) is 12.8. The largest absolute Gasteiger partial charge is 0.484 e. The van der Waals surface area contributed by atoms with Gasteiger partial charge in [-0.2, -0.15) is 19.0 Å². The predicted octanol–water partition coefficient (Wildman–Crippen LogP) is 6.83. The third-order valence-corrected chi connectivity index (χ3v) is 16.3. The Kier molecular flexibility index (Phi) is 17.0. The highest BCUT2D eigenvalue weighted by Gasteiger charge is 2.44. The fraction of sp³-hybridized carbons (Fsp3) is 0.400. The monoisotopic (exact) mass is 1140 g/mol. The van der Waals surface area contributed by atoms with E-state index in [4.69, 9.17) is 25.4 Å². The molecule has 20 nitrogen and oxygen atoms in total. The van der Waals surface area contributed by atoms with Gasteiger partial charge < -0.3 is 35.8 Å². The highest BCUT2D eigenvalue weighted by molar-refractivity contribution is 7.93. The van der Waals surface area contributed by atoms with Crippen molar-refractivity contribution < 1.29 is 50.6 Å². The van der Waals surface area contributed by atoms with Crippen LogP contribution < -0.4 is 25.8 Å². The highest BCUT2D eigenvalue weighted by atomic mass is 32.2. The molecule has 80 heavy (non-hydrogen) atoms. The minimum absolute atomic E-state index is 0.00196. The van der Waals surface area contributed by atoms with Crippen molar-refractivity contribution in [2.75, 3.05) is 49.8 Å². The number of hydrogen-bond acceptors (Lipinski definition) is 15. The lowest BCUT2D eigenvalue weighted by Gasteiger charge is -2.35. The molecule has 5 atom stereocenters. The number of sulfonamides is 1. The summed E-state index contributed by atoms with van der Waals surface area (Å²) in [5, 5.41) is 26.4. The van der Waals surface area contributed by atoms with Gasteiger partial charge in [-0.1, -0.05) is 63.2 Å². The first-order valence-electron chi connectivity index (χ1n) is 25.9. The number of likely N-dealkylation sites (tertiary alicyclic amines) is 2. The SMILES string of the molecule is Cc1ncsc1-c1ccc(CNC(=O)[C@@H]2C[C@@H](O)CN2C(=O)[C@@H](NC(=O)COCCN2CCC(n3cc(-c4cnc(N)c5c(-c6ccc(NS(=O)(=O)C(F)F)c(O[C@@H](C)c7ccc(F)cc7)c6)nn(C)c45)cn3)C2)C(C)(C)C)cc1. The van der Waals surface area contributed by atoms with Crippen LogP contribution in [-0.2, 0) is 42.7 Å². The zero-order chi connectivity index (χ0) is 57.2. The van der Waals surface area contributed by atoms with Gasteiger partial charge in [-0.25, -0.2) is 22.8 Å². The normalized spacial score (nSPS) is 17.7. The van der Waals surface area contributed by atoms with E-state index in [1.807, 2.05) is 67.6 Å². The summed E-state index contributed by atoms with van der Waals surface area (Å²) in [6.07, 6.45) is 4.44. The van der Waals surface area contributed by atoms with Crippen LogP contribution in [0.15, 0.2) is 90.8 Å². The number of nitrogens with two attached hydrogens (primary N) is 1. The van der Waals surface area contributed by atoms with Crippen molar-refractivity contribution in [2.24, 2.45) is 12.5 Å². The maximum absolute atomic E-state index is 14.2. The summed E-state index contributed by atoms with van der Waals surface area (Å²) in [5.41, 5.74) is 13.5. The van der Waals surface area contributed by atoms with Gasteiger partial charge in [-0.15, -0.1) is 11.3 Å². The second-order valence-electron chi connectivity index (χ2n) is 21.1. The Morgan fingerprint density at radius 3 is 2.42 bits per heavy atom. The number of aromatic nitrogens is 6. The number of β-amino-alcohol motifs (C(OH)–C–C–N with tert-alkyl or cyclic N) is 1. The van der Waals surface area contributed by atoms with Crippen LogP contribution in [0.2, 0.25) is 0 Å². The molecule has 4 aromatic heterocycles. The minimum Gasteiger partial charge on any atom is -0.484 e. The Labute approximate surface area is 464 Å². The number of aliphatic hydroxyl groups is 1. The number of benzene rings is 3. The molecule has 6 heterocycles. The van der Waals surface area contributed by atoms with Gasteiger partial charge >= 0.3 is 5.76 Å². The second-order valence-corrected chi connectivity index (χ2v) is 23.6. The molecule has 2 aliphatic rings. The van der Waals surface area contributed by atoms with E-state index in [2.05, 4.69) is 25.5 Å². The van der Waals surface area contributed by atoms with Gasteiger partial charge in [-0.05, 0) is 66.6 Å². The molecule has 2 saturated heterocycles. The quantitative estimate of drug-likeness (QED) is 0.0491. The van der Waals surface area contributed by atoms with Gasteiger partial charge in [0.15, 0.2) is 0 Å². The number of aliphatic hydroxyl groups excluding tert-OH is 1. The van der Waals surface area contributed by atoms with Gasteiger partial charge in [0.1, 0.15) is 47.9 Å². The summed E-state index contributed by atoms with van der Waals surface area (Å²) in [6, 6.07) is 15.6. The number of carbonyl (C=O) groups is 3. The van der Waals surface area contributed by atoms with Gasteiger partial charge in [0.25, 0.3) is 10.0 Å². The highest BCUT2D eigenvalue weighted by Crippen LogP contribution is 2.41. The van der Waals surface area contributed by atoms with E-state index >= 15 is 0 Å². The molecule has 3 aromatic carbocycles. The summed E-state index contributed by atoms with van der Waals surface area (Å²) < 4.78 is 82.8. The number of amides is 3. The van der Waals surface area contributed by atoms with Crippen LogP contribution in [0.5, 0.6) is 5.75 Å². The molecule has 2 aliphatic heterocycles. The van der Waals surface area contributed by atoms with E-state index in [0.717, 1.165) is 40.2 Å². The number of rotatable bonds is 20. The maximum Gasteiger partial charge on any atom is 0.355 e. The standard InChI is InChI=1S/C55H63F3N12O8S2/c1-31-49(79-30-62-31)35-9-7-33(8-10-35)23-61-52(73)43-22-40(71)28-69(43)53(74)50(55(3,4)5)64-45(72)29-77-20-19-68-18-17-39(27-68)70-26-37(24-63-70)41-25-60-51(59)46-47(65-67(6)48(41)46)36-13-16-42(66-80(75,76)54(57)58)44(21-36)78-32(2)34-11-14-38(56)15-12-34/h7-16,21,24-26,30,32,39-40,43,50,54,66,71H,17-20,22-23,27-29H2,1-6H3,(H2,59,60)(H,61,73)(H,64,72)/t32-,39?,40+,43-,50+/m0/s1. The van der Waals surface area contributed by atoms with E-state index in [1.165, 1.54) is 47.4 Å². The zero-order valence-electron chi connectivity index (χ0n) is 44.9. The number of thiazole rings is 1. The fourth-order valence-corrected chi connectivity index (χ4v) is 11.4. The van der Waals surface area contributed by atoms with E-state index in [0.29, 0.717) is 46.4 Å². The first-order valence-corrected chi connectivity index (χ1v) is 28.3. The first-order chi connectivity index (χ1) is 38.0. The van der Waals surface area contributed by atoms with Crippen molar-refractivity contribution in [3.05, 3.63) is 113 Å². The molecule has 0 radical (unpaired) electrons. The number of halogens is 3. The van der Waals surface area contributed by atoms with Gasteiger partial charge in [0, 0.05) is 75.3 Å². The number of nitrogens with one attached hydrogen (secondary N) is 3. The first kappa shape index (κ1) is 57.2. The molecular formula is C55H63F3N12O8S2. The molecule has 0 bridgehead atoms. The van der Waals surface area contributed by atoms with E-state index in [9.17, 15) is 41.1 Å². The summed E-state index contributed by atoms with van der Waals surface area (Å²) in [7, 11) is -3.36. The fourth-order valence-electron chi connectivity index (χ4n) is 10.0. The molecule has 1 unspecified atom stereocenters. The Bertz CT molecular complexity index is 3500. The molecule has 2 fully saturated rings. The maximum atomic E-state index is 14.2. The number of fused-ring (bicyclic) bond motifs is 1. The topological polar surface area (TPSA) is 254 Å². The predicted molar refractivity (Wildman–Crippen MR) is 296 cm³/mol. The Morgan fingerprint density at radius 2 is 1.73 bits per heavy atom. The van der Waals surface area contributed by atoms with E-state index in [1.54, 1.807) is 47.9 Å². The number of alkyl halides is 2. The van der Waals surface area contributed by atoms with Crippen molar-refractivity contribution in [2.45, 2.75) is 90.1 Å². The van der Waals surface area contributed by atoms with E-state index in [-0.39, 0.29) is 56.0 Å². The van der Waals surface area contributed by atoms with Crippen molar-refractivity contribution in [1.29, 1.82) is 0 Å². The summed E-state index contributed by atoms with van der Waals surface area (Å²) in [4.78, 5) is 54.5. The Balaban J connectivity index is 0.798. The van der Waals surface area contributed by atoms with Crippen LogP contribution in [0.1, 0.15) is 69.5 Å². The third-order valence-electron chi connectivity index (χ3n) is 14.3. The van der Waals surface area contributed by atoms with Crippen LogP contribution in [0.4, 0.5) is 24.7 Å². The molecule has 7 aromatic rings. The number of pyridine rings is 1. The zero-order valence-corrected chi connectivity index (χ0v) is 46.5. The lowest BCUT2D eigenvalue weighted by molar-refractivity contribution is -0.144. The molecule has 424 valence electrons. The van der Waals surface area contributed by atoms with Crippen LogP contribution in [0.3, 0.4) is 0 Å². The Hall–Kier alpha value is -7.45. The van der Waals surface area contributed by atoms with Crippen LogP contribution in [0.25, 0.3) is 43.7 Å². The van der Waals surface area contributed by atoms with Crippen molar-refractivity contribution in [1.82, 2.24) is 50.0 Å². The van der Waals surface area contributed by atoms with Gasteiger partial charge in [0.2, 0.25) is 17.7 Å². The summed E-state index contributed by atoms with van der Waals surface area (Å²) in [5.74, 6) is -5.49. The van der Waals surface area contributed by atoms with Crippen LogP contribution in [0, 0.1) is 18.2 Å². The lowest BCUT2D eigenvalue weighted by atomic mass is 9.85. The molecule has 6 N–H and O–H groups in total. The molecule has 25 heteroatoms. The number of nitrogen functional groups attached to an aromatic ring is 1. The number of aryl methyl sites for hydroxylation is 2. The number of ether oxygens (including phenoxy) is 2. The molecular weight excluding hydrogens is 1080 g/mol. The van der Waals surface area contributed by atoms with Crippen molar-refractivity contribution in [3.8, 4) is 38.6 Å². The second kappa shape index (κ2) is 23.7. The molecule has 0 spiro atoms. The number of nitrogens with zero attached hydrogens (tertiary/aromatic N) is 8. The van der Waals surface area contributed by atoms with Gasteiger partial charge in [-0.3, -0.25) is 33.4 Å². The summed E-state index contributed by atoms with van der Waals surface area (Å²) >= 11 is 1.56. The smallest absolute Gasteiger partial charge is 0.355 e. The van der Waals surface area contributed by atoms with Crippen LogP contribution >= 0.6 is 11.3 Å². The van der Waals surface area contributed by atoms with Crippen molar-refractivity contribution >= 4 is 61.5 Å². The number of carbonyl (C=O) groups excluding carboxylic acids is 3. The van der Waals surface area contributed by atoms with Crippen LogP contribution in [-0.4, -0.2) is 134 Å². The molecule has 0 saturated carbocycles. The van der Waals surface area contributed by atoms with Crippen molar-refractivity contribution in [3.63, 3.8) is 0 Å². The lowest BCUT2D eigenvalue weighted by Crippen LogP contribution is -2.58. The molecule has 3 amide bonds. The summed E-state index contributed by atoms with van der Waals surface area (Å²) in [6.45, 7) is 11.1. The molecule has 0 aliphatic carbocycles. The average molecular weight is 1140 g/mol. The number of anilines is 2. The molecule has 9 rings (SSSR count). The average Bonchev–Trinajstić information content (AvgIpc) is 4.39. The van der Waals surface area contributed by atoms with E-state index < -0.39 is 69.0 Å². The van der Waals surface area contributed by atoms with Gasteiger partial charge in [0.05, 0.1) is 57.6 Å². The Morgan fingerprint density at radius 1 is 0.988 bits per heavy atom. The minimum atomic E-state index is -5.09.